The average molecular weight is 444 g/mol. The Bertz CT molecular complexity index is 1190. The molecule has 8 nitrogen and oxygen atoms in total. The zero-order chi connectivity index (χ0) is 22.0. The summed E-state index contributed by atoms with van der Waals surface area (Å²) in [6.45, 7) is 0.805. The number of hydrogen-bond acceptors (Lipinski definition) is 7. The number of rotatable bonds is 5. The molecular weight excluding hydrogens is 421 g/mol. The van der Waals surface area contributed by atoms with Crippen LogP contribution in [0.25, 0.3) is 22.4 Å². The molecule has 0 saturated carbocycles. The number of nitrogens with two attached hydrogens (primary N) is 1. The Morgan fingerprint density at radius 1 is 1.16 bits per heavy atom. The van der Waals surface area contributed by atoms with E-state index >= 15 is 0 Å². The Morgan fingerprint density at radius 2 is 1.97 bits per heavy atom. The first-order valence-electron chi connectivity index (χ1n) is 9.72. The van der Waals surface area contributed by atoms with Crippen LogP contribution in [0.2, 0.25) is 0 Å². The predicted molar refractivity (Wildman–Crippen MR) is 115 cm³/mol. The Hall–Kier alpha value is -2.92. The number of nitrogens with zero attached hydrogens (tertiary/aromatic N) is 3. The molecule has 3 aromatic rings. The van der Waals surface area contributed by atoms with Crippen molar-refractivity contribution < 1.29 is 17.9 Å². The molecule has 1 aromatic heterocycles. The molecule has 0 bridgehead atoms. The van der Waals surface area contributed by atoms with Gasteiger partial charge in [-0.05, 0) is 23.8 Å². The number of aliphatic hydroxyl groups is 1. The first kappa shape index (κ1) is 21.3. The lowest BCUT2D eigenvalue weighted by Crippen LogP contribution is -2.55. The molecule has 2 aromatic carbocycles. The summed E-state index contributed by atoms with van der Waals surface area (Å²) in [5.74, 6) is -0.326. The van der Waals surface area contributed by atoms with Crippen LogP contribution in [0.15, 0.2) is 59.8 Å². The van der Waals surface area contributed by atoms with Crippen LogP contribution in [0.5, 0.6) is 0 Å². The van der Waals surface area contributed by atoms with E-state index in [2.05, 4.69) is 15.3 Å². The quantitative estimate of drug-likeness (QED) is 0.546. The van der Waals surface area contributed by atoms with Crippen molar-refractivity contribution in [1.82, 2.24) is 19.6 Å². The Balaban J connectivity index is 1.75. The van der Waals surface area contributed by atoms with Crippen LogP contribution < -0.4 is 11.1 Å². The summed E-state index contributed by atoms with van der Waals surface area (Å²) in [6, 6.07) is 10.4. The minimum Gasteiger partial charge on any atom is -0.395 e. The first-order chi connectivity index (χ1) is 14.9. The lowest BCUT2D eigenvalue weighted by molar-refractivity contribution is 0.165. The van der Waals surface area contributed by atoms with E-state index in [9.17, 15) is 17.9 Å². The van der Waals surface area contributed by atoms with E-state index in [1.54, 1.807) is 24.3 Å². The fraction of sp³-hybridized carbons (Fsp3) is 0.238. The Morgan fingerprint density at radius 3 is 2.68 bits per heavy atom. The van der Waals surface area contributed by atoms with Gasteiger partial charge in [0.25, 0.3) is 0 Å². The second kappa shape index (κ2) is 8.67. The zero-order valence-corrected chi connectivity index (χ0v) is 17.4. The highest BCUT2D eigenvalue weighted by Crippen LogP contribution is 2.33. The van der Waals surface area contributed by atoms with Gasteiger partial charge in [-0.3, -0.25) is 4.98 Å². The molecule has 162 valence electrons. The zero-order valence-electron chi connectivity index (χ0n) is 16.6. The molecule has 4 rings (SSSR count). The van der Waals surface area contributed by atoms with Gasteiger partial charge in [0.05, 0.1) is 35.6 Å². The smallest absolute Gasteiger partial charge is 0.244 e. The standard InChI is InChI=1S/C21H22FN5O3S/c22-18-9-14(5-6-17(18)19-11-26-21(23)12-25-19)16-3-1-2-4-20(16)31(29,30)27-8-7-24-10-15(27)13-28/h1-6,9,11-12,15,24,28H,7-8,10,13H2,(H2,23,26)/t15-/m1/s1. The number of benzene rings is 2. The van der Waals surface area contributed by atoms with E-state index in [1.165, 1.54) is 34.9 Å². The molecule has 2 heterocycles. The molecule has 1 atom stereocenters. The van der Waals surface area contributed by atoms with Crippen molar-refractivity contribution in [2.24, 2.45) is 0 Å². The molecule has 0 amide bonds. The van der Waals surface area contributed by atoms with E-state index in [-0.39, 0.29) is 29.4 Å². The Labute approximate surface area is 179 Å². The molecule has 0 unspecified atom stereocenters. The van der Waals surface area contributed by atoms with Gasteiger partial charge in [0.15, 0.2) is 0 Å². The molecule has 1 saturated heterocycles. The third-order valence-corrected chi connectivity index (χ3v) is 7.22. The van der Waals surface area contributed by atoms with Crippen molar-refractivity contribution in [3.63, 3.8) is 0 Å². The number of aromatic nitrogens is 2. The molecule has 0 radical (unpaired) electrons. The van der Waals surface area contributed by atoms with Gasteiger partial charge in [0, 0.05) is 30.8 Å². The molecular formula is C21H22FN5O3S. The summed E-state index contributed by atoms with van der Waals surface area (Å²) >= 11 is 0. The summed E-state index contributed by atoms with van der Waals surface area (Å²) in [5, 5.41) is 12.7. The summed E-state index contributed by atoms with van der Waals surface area (Å²) in [4.78, 5) is 8.08. The fourth-order valence-corrected chi connectivity index (χ4v) is 5.47. The van der Waals surface area contributed by atoms with Gasteiger partial charge in [-0.2, -0.15) is 4.31 Å². The molecule has 1 aliphatic heterocycles. The van der Waals surface area contributed by atoms with Gasteiger partial charge >= 0.3 is 0 Å². The van der Waals surface area contributed by atoms with E-state index in [4.69, 9.17) is 5.73 Å². The minimum absolute atomic E-state index is 0.0646. The maximum Gasteiger partial charge on any atom is 0.244 e. The van der Waals surface area contributed by atoms with Crippen molar-refractivity contribution in [2.75, 3.05) is 32.0 Å². The molecule has 1 aliphatic rings. The fourth-order valence-electron chi connectivity index (χ4n) is 3.64. The normalized spacial score (nSPS) is 17.5. The van der Waals surface area contributed by atoms with Crippen LogP contribution in [0.3, 0.4) is 0 Å². The van der Waals surface area contributed by atoms with Crippen molar-refractivity contribution in [3.05, 3.63) is 60.7 Å². The van der Waals surface area contributed by atoms with E-state index in [0.717, 1.165) is 0 Å². The highest BCUT2D eigenvalue weighted by Gasteiger charge is 2.34. The second-order valence-corrected chi connectivity index (χ2v) is 9.03. The minimum atomic E-state index is -3.91. The van der Waals surface area contributed by atoms with Gasteiger partial charge in [-0.1, -0.05) is 24.3 Å². The number of piperazine rings is 1. The van der Waals surface area contributed by atoms with Gasteiger partial charge in [-0.15, -0.1) is 0 Å². The van der Waals surface area contributed by atoms with Crippen molar-refractivity contribution >= 4 is 15.8 Å². The molecule has 0 spiro atoms. The number of nitrogens with one attached hydrogen (secondary N) is 1. The number of halogens is 1. The second-order valence-electron chi connectivity index (χ2n) is 7.17. The van der Waals surface area contributed by atoms with Crippen molar-refractivity contribution in [1.29, 1.82) is 0 Å². The molecule has 0 aliphatic carbocycles. The number of sulfonamides is 1. The van der Waals surface area contributed by atoms with Gasteiger partial charge in [0.1, 0.15) is 11.6 Å². The number of hydrogen-bond donors (Lipinski definition) is 3. The van der Waals surface area contributed by atoms with Crippen LogP contribution in [-0.2, 0) is 10.0 Å². The molecule has 10 heteroatoms. The molecule has 31 heavy (non-hydrogen) atoms. The summed E-state index contributed by atoms with van der Waals surface area (Å²) in [7, 11) is -3.91. The highest BCUT2D eigenvalue weighted by molar-refractivity contribution is 7.89. The summed E-state index contributed by atoms with van der Waals surface area (Å²) in [5.41, 5.74) is 6.89. The number of nitrogen functional groups attached to an aromatic ring is 1. The average Bonchev–Trinajstić information content (AvgIpc) is 2.79. The van der Waals surface area contributed by atoms with Crippen LogP contribution in [-0.4, -0.2) is 60.1 Å². The van der Waals surface area contributed by atoms with Gasteiger partial charge in [0.2, 0.25) is 10.0 Å². The third-order valence-electron chi connectivity index (χ3n) is 5.21. The van der Waals surface area contributed by atoms with E-state index in [0.29, 0.717) is 29.9 Å². The molecule has 1 fully saturated rings. The van der Waals surface area contributed by atoms with E-state index < -0.39 is 21.9 Å². The number of aliphatic hydroxyl groups excluding tert-OH is 1. The third kappa shape index (κ3) is 4.15. The van der Waals surface area contributed by atoms with Crippen LogP contribution in [0.1, 0.15) is 0 Å². The summed E-state index contributed by atoms with van der Waals surface area (Å²) in [6.07, 6.45) is 2.72. The lowest BCUT2D eigenvalue weighted by atomic mass is 10.0. The number of anilines is 1. The maximum atomic E-state index is 14.9. The highest BCUT2D eigenvalue weighted by atomic mass is 32.2. The van der Waals surface area contributed by atoms with Crippen molar-refractivity contribution in [3.8, 4) is 22.4 Å². The lowest BCUT2D eigenvalue weighted by Gasteiger charge is -2.34. The van der Waals surface area contributed by atoms with Crippen LogP contribution in [0, 0.1) is 5.82 Å². The van der Waals surface area contributed by atoms with E-state index in [1.807, 2.05) is 0 Å². The first-order valence-corrected chi connectivity index (χ1v) is 11.2. The SMILES string of the molecule is Nc1cnc(-c2ccc(-c3ccccc3S(=O)(=O)N3CCNC[C@@H]3CO)cc2F)cn1. The van der Waals surface area contributed by atoms with Crippen molar-refractivity contribution in [2.45, 2.75) is 10.9 Å². The summed E-state index contributed by atoms with van der Waals surface area (Å²) < 4.78 is 43.1. The maximum absolute atomic E-state index is 14.9. The van der Waals surface area contributed by atoms with Gasteiger partial charge in [-0.25, -0.2) is 17.8 Å². The monoisotopic (exact) mass is 443 g/mol. The molecule has 4 N–H and O–H groups in total. The Kier molecular flexibility index (Phi) is 5.96. The van der Waals surface area contributed by atoms with Crippen LogP contribution >= 0.6 is 0 Å². The van der Waals surface area contributed by atoms with Crippen LogP contribution in [0.4, 0.5) is 10.2 Å². The predicted octanol–water partition coefficient (Wildman–Crippen LogP) is 1.49. The van der Waals surface area contributed by atoms with Gasteiger partial charge < -0.3 is 16.2 Å². The topological polar surface area (TPSA) is 121 Å². The largest absolute Gasteiger partial charge is 0.395 e.